The van der Waals surface area contributed by atoms with E-state index in [1.165, 1.54) is 55.4 Å². The lowest BCUT2D eigenvalue weighted by atomic mass is 9.95. The van der Waals surface area contributed by atoms with Gasteiger partial charge in [-0.2, -0.15) is 4.98 Å². The van der Waals surface area contributed by atoms with Gasteiger partial charge < -0.3 is 25.3 Å². The number of primary amides is 1. The second-order valence-corrected chi connectivity index (χ2v) is 12.7. The van der Waals surface area contributed by atoms with Crippen LogP contribution in [0.5, 0.6) is 0 Å². The van der Waals surface area contributed by atoms with Crippen molar-refractivity contribution in [2.45, 2.75) is 38.1 Å². The lowest BCUT2D eigenvalue weighted by molar-refractivity contribution is -0.118. The van der Waals surface area contributed by atoms with Crippen LogP contribution in [-0.2, 0) is 4.79 Å². The summed E-state index contributed by atoms with van der Waals surface area (Å²) in [7, 11) is 4.55. The van der Waals surface area contributed by atoms with Crippen LogP contribution in [0.1, 0.15) is 32.1 Å². The van der Waals surface area contributed by atoms with Crippen LogP contribution in [-0.4, -0.2) is 91.6 Å². The van der Waals surface area contributed by atoms with Crippen LogP contribution in [0.25, 0.3) is 21.3 Å². The Labute approximate surface area is 235 Å². The van der Waals surface area contributed by atoms with Gasteiger partial charge in [0.05, 0.1) is 5.39 Å². The molecule has 2 aromatic heterocycles. The maximum Gasteiger partial charge on any atom is 0.228 e. The number of hydrogen-bond acceptors (Lipinski definition) is 8. The van der Waals surface area contributed by atoms with Gasteiger partial charge in [-0.15, -0.1) is 11.3 Å². The number of anilines is 2. The quantitative estimate of drug-likeness (QED) is 0.458. The number of fused-ring (bicyclic) bond motifs is 1. The third kappa shape index (κ3) is 5.76. The van der Waals surface area contributed by atoms with Crippen LogP contribution >= 0.6 is 11.3 Å². The van der Waals surface area contributed by atoms with Crippen molar-refractivity contribution in [2.24, 2.45) is 17.6 Å². The van der Waals surface area contributed by atoms with Crippen LogP contribution < -0.4 is 15.5 Å². The molecule has 3 aliphatic heterocycles. The van der Waals surface area contributed by atoms with Crippen molar-refractivity contribution >= 4 is 39.2 Å². The second-order valence-electron chi connectivity index (χ2n) is 11.9. The van der Waals surface area contributed by atoms with E-state index in [1.54, 1.807) is 11.3 Å². The van der Waals surface area contributed by atoms with Crippen LogP contribution in [0, 0.1) is 11.8 Å². The highest BCUT2D eigenvalue weighted by Crippen LogP contribution is 2.41. The van der Waals surface area contributed by atoms with Crippen molar-refractivity contribution in [3.05, 3.63) is 35.7 Å². The molecule has 2 atom stereocenters. The van der Waals surface area contributed by atoms with Gasteiger partial charge in [0.2, 0.25) is 11.9 Å². The smallest absolute Gasteiger partial charge is 0.228 e. The van der Waals surface area contributed by atoms with Crippen molar-refractivity contribution in [1.29, 1.82) is 0 Å². The molecule has 5 heterocycles. The predicted octanol–water partition coefficient (Wildman–Crippen LogP) is 3.91. The Balaban J connectivity index is 1.25. The van der Waals surface area contributed by atoms with Crippen LogP contribution in [0.2, 0.25) is 0 Å². The summed E-state index contributed by atoms with van der Waals surface area (Å²) >= 11 is 1.71. The van der Waals surface area contributed by atoms with E-state index < -0.39 is 0 Å². The number of hydrogen-bond donors (Lipinski definition) is 1. The monoisotopic (exact) mass is 547 g/mol. The first-order valence-corrected chi connectivity index (χ1v) is 15.3. The molecule has 0 radical (unpaired) electrons. The fourth-order valence-corrected chi connectivity index (χ4v) is 7.67. The molecule has 3 saturated heterocycles. The van der Waals surface area contributed by atoms with Gasteiger partial charge in [0.25, 0.3) is 0 Å². The van der Waals surface area contributed by atoms with E-state index in [0.29, 0.717) is 12.5 Å². The number of aromatic nitrogens is 2. The normalized spacial score (nSPS) is 22.9. The highest BCUT2D eigenvalue weighted by atomic mass is 32.1. The SMILES string of the molecule is CN1CCC(N(C)CC2CCN(c3nc(N4CCC(CC(N)=O)C4)nc4scc(-c5ccccc5)c34)CC2)C1. The molecule has 3 aromatic rings. The summed E-state index contributed by atoms with van der Waals surface area (Å²) in [6, 6.07) is 11.3. The van der Waals surface area contributed by atoms with Crippen molar-refractivity contribution in [3.63, 3.8) is 0 Å². The molecule has 0 saturated carbocycles. The predicted molar refractivity (Wildman–Crippen MR) is 160 cm³/mol. The molecule has 6 rings (SSSR count). The molecule has 0 bridgehead atoms. The largest absolute Gasteiger partial charge is 0.370 e. The zero-order valence-electron chi connectivity index (χ0n) is 23.3. The fraction of sp³-hybridized carbons (Fsp3) is 0.567. The molecule has 9 heteroatoms. The number of likely N-dealkylation sites (tertiary alicyclic amines) is 1. The summed E-state index contributed by atoms with van der Waals surface area (Å²) in [4.78, 5) is 32.7. The van der Waals surface area contributed by atoms with Crippen molar-refractivity contribution < 1.29 is 4.79 Å². The lowest BCUT2D eigenvalue weighted by Crippen LogP contribution is -2.42. The Hall–Kier alpha value is -2.75. The van der Waals surface area contributed by atoms with Crippen LogP contribution in [0.15, 0.2) is 35.7 Å². The van der Waals surface area contributed by atoms with E-state index in [2.05, 4.69) is 69.4 Å². The summed E-state index contributed by atoms with van der Waals surface area (Å²) in [6.07, 6.45) is 5.04. The number of nitrogens with zero attached hydrogens (tertiary/aromatic N) is 6. The van der Waals surface area contributed by atoms with Crippen LogP contribution in [0.4, 0.5) is 11.8 Å². The van der Waals surface area contributed by atoms with E-state index in [1.807, 2.05) is 0 Å². The highest BCUT2D eigenvalue weighted by molar-refractivity contribution is 7.17. The third-order valence-corrected chi connectivity index (χ3v) is 9.87. The van der Waals surface area contributed by atoms with E-state index in [-0.39, 0.29) is 11.8 Å². The van der Waals surface area contributed by atoms with Gasteiger partial charge in [0.1, 0.15) is 10.6 Å². The van der Waals surface area contributed by atoms with Crippen LogP contribution in [0.3, 0.4) is 0 Å². The fourth-order valence-electron chi connectivity index (χ4n) is 6.73. The molecule has 0 spiro atoms. The Kier molecular flexibility index (Phi) is 7.73. The Bertz CT molecular complexity index is 1290. The topological polar surface area (TPSA) is 81.8 Å². The average molecular weight is 548 g/mol. The van der Waals surface area contributed by atoms with Gasteiger partial charge >= 0.3 is 0 Å². The maximum absolute atomic E-state index is 11.5. The molecule has 1 amide bonds. The maximum atomic E-state index is 11.5. The van der Waals surface area contributed by atoms with E-state index >= 15 is 0 Å². The first-order valence-electron chi connectivity index (χ1n) is 14.5. The van der Waals surface area contributed by atoms with Gasteiger partial charge in [0.15, 0.2) is 0 Å². The van der Waals surface area contributed by atoms with Gasteiger partial charge in [0, 0.05) is 62.7 Å². The Morgan fingerprint density at radius 1 is 1.00 bits per heavy atom. The second kappa shape index (κ2) is 11.4. The zero-order valence-corrected chi connectivity index (χ0v) is 24.1. The molecule has 2 unspecified atom stereocenters. The van der Waals surface area contributed by atoms with E-state index in [9.17, 15) is 4.79 Å². The number of likely N-dealkylation sites (N-methyl/N-ethyl adjacent to an activating group) is 2. The molecular formula is C30H41N7OS. The molecule has 0 aliphatic carbocycles. The molecule has 3 fully saturated rings. The number of rotatable bonds is 8. The number of carbonyl (C=O) groups is 1. The van der Waals surface area contributed by atoms with Crippen molar-refractivity contribution in [3.8, 4) is 11.1 Å². The first-order chi connectivity index (χ1) is 18.9. The molecule has 2 N–H and O–H groups in total. The summed E-state index contributed by atoms with van der Waals surface area (Å²) in [5.74, 6) is 2.63. The molecule has 39 heavy (non-hydrogen) atoms. The lowest BCUT2D eigenvalue weighted by Gasteiger charge is -2.36. The third-order valence-electron chi connectivity index (χ3n) is 9.00. The number of carbonyl (C=O) groups excluding carboxylic acids is 1. The molecule has 1 aromatic carbocycles. The van der Waals surface area contributed by atoms with Gasteiger partial charge in [-0.25, -0.2) is 4.98 Å². The first kappa shape index (κ1) is 26.5. The minimum Gasteiger partial charge on any atom is -0.370 e. The number of benzene rings is 1. The van der Waals surface area contributed by atoms with Crippen molar-refractivity contribution in [2.75, 3.05) is 69.7 Å². The molecule has 8 nitrogen and oxygen atoms in total. The Morgan fingerprint density at radius 3 is 2.46 bits per heavy atom. The standard InChI is InChI=1S/C30H41N7OS/c1-34-12-11-24(19-34)35(2)17-21-8-13-36(14-9-21)28-27-25(23-6-4-3-5-7-23)20-39-29(27)33-30(32-28)37-15-10-22(18-37)16-26(31)38/h3-7,20-22,24H,8-19H2,1-2H3,(H2,31,38). The van der Waals surface area contributed by atoms with Gasteiger partial charge in [-0.05, 0) is 63.7 Å². The molecular weight excluding hydrogens is 506 g/mol. The van der Waals surface area contributed by atoms with Crippen molar-refractivity contribution in [1.82, 2.24) is 19.8 Å². The molecule has 208 valence electrons. The average Bonchev–Trinajstić information content (AvgIpc) is 3.69. The highest BCUT2D eigenvalue weighted by Gasteiger charge is 2.31. The zero-order chi connectivity index (χ0) is 26.9. The summed E-state index contributed by atoms with van der Waals surface area (Å²) < 4.78 is 0. The minimum absolute atomic E-state index is 0.224. The van der Waals surface area contributed by atoms with Gasteiger partial charge in [-0.1, -0.05) is 30.3 Å². The Morgan fingerprint density at radius 2 is 1.74 bits per heavy atom. The van der Waals surface area contributed by atoms with E-state index in [4.69, 9.17) is 15.7 Å². The summed E-state index contributed by atoms with van der Waals surface area (Å²) in [5, 5.41) is 3.41. The summed E-state index contributed by atoms with van der Waals surface area (Å²) in [5.41, 5.74) is 7.92. The molecule has 3 aliphatic rings. The minimum atomic E-state index is -0.224. The number of thiophene rings is 1. The van der Waals surface area contributed by atoms with E-state index in [0.717, 1.165) is 55.1 Å². The summed E-state index contributed by atoms with van der Waals surface area (Å²) in [6.45, 7) is 7.27. The number of nitrogens with two attached hydrogens (primary N) is 1. The number of amides is 1. The number of piperidine rings is 1. The van der Waals surface area contributed by atoms with Gasteiger partial charge in [-0.3, -0.25) is 4.79 Å².